The summed E-state index contributed by atoms with van der Waals surface area (Å²) in [6, 6.07) is 34.9. The molecule has 3 heteroatoms. The molecule has 5 aromatic carbocycles. The van der Waals surface area contributed by atoms with Crippen LogP contribution < -0.4 is 4.74 Å². The highest BCUT2D eigenvalue weighted by atomic mass is 16.5. The van der Waals surface area contributed by atoms with Crippen LogP contribution in [0.3, 0.4) is 0 Å². The zero-order valence-electron chi connectivity index (χ0n) is 21.7. The van der Waals surface area contributed by atoms with Gasteiger partial charge in [-0.05, 0) is 70.3 Å². The monoisotopic (exact) mass is 493 g/mol. The number of hydrogen-bond acceptors (Lipinski definition) is 2. The van der Waals surface area contributed by atoms with E-state index in [-0.39, 0.29) is 5.41 Å². The SMILES string of the molecule is COc1ccc(Cn2c3ccccc3c3c4c(ccc32)C(C)(C)c2cc3oc5ccccc5c3cc2-4)cc1. The number of methoxy groups -OCH3 is 1. The smallest absolute Gasteiger partial charge is 0.135 e. The Kier molecular flexibility index (Phi) is 4.27. The second-order valence-corrected chi connectivity index (χ2v) is 11.0. The Labute approximate surface area is 220 Å². The van der Waals surface area contributed by atoms with Gasteiger partial charge in [0.25, 0.3) is 0 Å². The van der Waals surface area contributed by atoms with Gasteiger partial charge in [0.2, 0.25) is 0 Å². The van der Waals surface area contributed by atoms with Crippen LogP contribution in [0.15, 0.2) is 101 Å². The van der Waals surface area contributed by atoms with Gasteiger partial charge in [0.15, 0.2) is 0 Å². The third kappa shape index (κ3) is 2.79. The summed E-state index contributed by atoms with van der Waals surface area (Å²) >= 11 is 0. The zero-order chi connectivity index (χ0) is 25.6. The number of rotatable bonds is 3. The number of ether oxygens (including phenoxy) is 1. The molecule has 1 aliphatic rings. The van der Waals surface area contributed by atoms with Crippen molar-refractivity contribution < 1.29 is 9.15 Å². The fraction of sp³-hybridized carbons (Fsp3) is 0.143. The highest BCUT2D eigenvalue weighted by Crippen LogP contribution is 2.54. The second kappa shape index (κ2) is 7.52. The Hall–Kier alpha value is -4.50. The Bertz CT molecular complexity index is 2050. The summed E-state index contributed by atoms with van der Waals surface area (Å²) in [6.45, 7) is 5.48. The maximum atomic E-state index is 6.30. The predicted molar refractivity (Wildman–Crippen MR) is 156 cm³/mol. The molecule has 3 nitrogen and oxygen atoms in total. The molecule has 0 fully saturated rings. The molecule has 1 aliphatic carbocycles. The summed E-state index contributed by atoms with van der Waals surface area (Å²) < 4.78 is 14.1. The number of furan rings is 1. The van der Waals surface area contributed by atoms with Crippen LogP contribution in [-0.4, -0.2) is 11.7 Å². The quantitative estimate of drug-likeness (QED) is 0.245. The van der Waals surface area contributed by atoms with Crippen LogP contribution in [-0.2, 0) is 12.0 Å². The van der Waals surface area contributed by atoms with Gasteiger partial charge in [-0.15, -0.1) is 0 Å². The summed E-state index contributed by atoms with van der Waals surface area (Å²) in [5, 5.41) is 4.99. The minimum atomic E-state index is -0.120. The number of nitrogens with zero attached hydrogens (tertiary/aromatic N) is 1. The van der Waals surface area contributed by atoms with E-state index in [2.05, 4.69) is 97.3 Å². The fourth-order valence-corrected chi connectivity index (χ4v) is 6.66. The van der Waals surface area contributed by atoms with E-state index < -0.39 is 0 Å². The lowest BCUT2D eigenvalue weighted by atomic mass is 9.82. The molecule has 0 amide bonds. The standard InChI is InChI=1S/C35H27NO2/c1-35(2)27-16-17-30-34(24-9-4-6-10-29(24)36(30)20-21-12-14-22(37-3)15-13-21)33(27)26-18-25-23-8-5-7-11-31(23)38-32(25)19-28(26)35/h4-19H,20H2,1-3H3. The van der Waals surface area contributed by atoms with E-state index in [1.165, 1.54) is 60.4 Å². The summed E-state index contributed by atoms with van der Waals surface area (Å²) in [5.41, 5.74) is 11.0. The van der Waals surface area contributed by atoms with Crippen molar-refractivity contribution in [1.82, 2.24) is 4.57 Å². The van der Waals surface area contributed by atoms with Crippen molar-refractivity contribution in [2.45, 2.75) is 25.8 Å². The molecule has 0 N–H and O–H groups in total. The summed E-state index contributed by atoms with van der Waals surface area (Å²) in [6.07, 6.45) is 0. The lowest BCUT2D eigenvalue weighted by Gasteiger charge is -2.21. The molecule has 2 aromatic heterocycles. The van der Waals surface area contributed by atoms with Gasteiger partial charge >= 0.3 is 0 Å². The first-order valence-electron chi connectivity index (χ1n) is 13.2. The molecule has 0 radical (unpaired) electrons. The van der Waals surface area contributed by atoms with Crippen molar-refractivity contribution in [1.29, 1.82) is 0 Å². The van der Waals surface area contributed by atoms with E-state index in [4.69, 9.17) is 9.15 Å². The van der Waals surface area contributed by atoms with Crippen molar-refractivity contribution in [3.05, 3.63) is 114 Å². The lowest BCUT2D eigenvalue weighted by Crippen LogP contribution is -2.14. The van der Waals surface area contributed by atoms with Crippen molar-refractivity contribution >= 4 is 43.7 Å². The minimum absolute atomic E-state index is 0.120. The fourth-order valence-electron chi connectivity index (χ4n) is 6.66. The first-order chi connectivity index (χ1) is 18.5. The molecule has 0 aliphatic heterocycles. The van der Waals surface area contributed by atoms with E-state index in [9.17, 15) is 0 Å². The molecule has 0 unspecified atom stereocenters. The molecule has 184 valence electrons. The van der Waals surface area contributed by atoms with Gasteiger partial charge in [0, 0.05) is 39.0 Å². The van der Waals surface area contributed by atoms with Crippen LogP contribution in [0.1, 0.15) is 30.5 Å². The van der Waals surface area contributed by atoms with Crippen molar-refractivity contribution in [3.8, 4) is 16.9 Å². The molecule has 38 heavy (non-hydrogen) atoms. The Balaban J connectivity index is 1.44. The maximum absolute atomic E-state index is 6.30. The van der Waals surface area contributed by atoms with Crippen LogP contribution in [0.2, 0.25) is 0 Å². The van der Waals surface area contributed by atoms with Crippen molar-refractivity contribution in [2.24, 2.45) is 0 Å². The third-order valence-electron chi connectivity index (χ3n) is 8.57. The Morgan fingerprint density at radius 3 is 2.29 bits per heavy atom. The number of hydrogen-bond donors (Lipinski definition) is 0. The molecule has 0 saturated carbocycles. The summed E-state index contributed by atoms with van der Waals surface area (Å²) in [7, 11) is 1.71. The van der Waals surface area contributed by atoms with Gasteiger partial charge < -0.3 is 13.7 Å². The van der Waals surface area contributed by atoms with Gasteiger partial charge in [-0.3, -0.25) is 0 Å². The molecule has 0 bridgehead atoms. The summed E-state index contributed by atoms with van der Waals surface area (Å²) in [5.74, 6) is 0.880. The van der Waals surface area contributed by atoms with Crippen LogP contribution in [0, 0.1) is 0 Å². The molecule has 8 rings (SSSR count). The number of fused-ring (bicyclic) bond motifs is 10. The summed E-state index contributed by atoms with van der Waals surface area (Å²) in [4.78, 5) is 0. The molecular weight excluding hydrogens is 466 g/mol. The number of aromatic nitrogens is 1. The topological polar surface area (TPSA) is 27.3 Å². The van der Waals surface area contributed by atoms with Gasteiger partial charge in [0.05, 0.1) is 12.6 Å². The highest BCUT2D eigenvalue weighted by molar-refractivity contribution is 6.18. The van der Waals surface area contributed by atoms with E-state index >= 15 is 0 Å². The lowest BCUT2D eigenvalue weighted by molar-refractivity contribution is 0.414. The van der Waals surface area contributed by atoms with Gasteiger partial charge in [0.1, 0.15) is 16.9 Å². The average Bonchev–Trinajstić information content (AvgIpc) is 3.54. The second-order valence-electron chi connectivity index (χ2n) is 11.0. The molecule has 0 saturated heterocycles. The van der Waals surface area contributed by atoms with Crippen LogP contribution in [0.4, 0.5) is 0 Å². The van der Waals surface area contributed by atoms with E-state index in [0.717, 1.165) is 23.5 Å². The van der Waals surface area contributed by atoms with Crippen molar-refractivity contribution in [3.63, 3.8) is 0 Å². The van der Waals surface area contributed by atoms with E-state index in [0.29, 0.717) is 0 Å². The van der Waals surface area contributed by atoms with Gasteiger partial charge in [-0.1, -0.05) is 68.4 Å². The predicted octanol–water partition coefficient (Wildman–Crippen LogP) is 9.06. The molecule has 0 spiro atoms. The molecule has 7 aromatic rings. The van der Waals surface area contributed by atoms with Crippen LogP contribution in [0.5, 0.6) is 5.75 Å². The average molecular weight is 494 g/mol. The Morgan fingerprint density at radius 2 is 1.47 bits per heavy atom. The van der Waals surface area contributed by atoms with Gasteiger partial charge in [-0.2, -0.15) is 0 Å². The van der Waals surface area contributed by atoms with E-state index in [1.54, 1.807) is 7.11 Å². The largest absolute Gasteiger partial charge is 0.497 e. The number of benzene rings is 5. The highest BCUT2D eigenvalue weighted by Gasteiger charge is 2.38. The molecular formula is C35H27NO2. The first-order valence-corrected chi connectivity index (χ1v) is 13.2. The maximum Gasteiger partial charge on any atom is 0.135 e. The van der Waals surface area contributed by atoms with Crippen LogP contribution in [0.25, 0.3) is 54.9 Å². The first kappa shape index (κ1) is 21.6. The minimum Gasteiger partial charge on any atom is -0.497 e. The van der Waals surface area contributed by atoms with Gasteiger partial charge in [-0.25, -0.2) is 0 Å². The Morgan fingerprint density at radius 1 is 0.711 bits per heavy atom. The molecule has 2 heterocycles. The van der Waals surface area contributed by atoms with Crippen molar-refractivity contribution in [2.75, 3.05) is 7.11 Å². The molecule has 0 atom stereocenters. The van der Waals surface area contributed by atoms with Crippen LogP contribution >= 0.6 is 0 Å². The van der Waals surface area contributed by atoms with E-state index in [1.807, 2.05) is 18.2 Å². The normalized spacial score (nSPS) is 14.0. The number of para-hydroxylation sites is 2. The third-order valence-corrected chi connectivity index (χ3v) is 8.57. The zero-order valence-corrected chi connectivity index (χ0v) is 21.7.